The summed E-state index contributed by atoms with van der Waals surface area (Å²) < 4.78 is 365. The minimum atomic E-state index is -4.61. The Morgan fingerprint density at radius 1 is 0.433 bits per heavy atom. The Morgan fingerprint density at radius 3 is 1.20 bits per heavy atom. The molecule has 0 saturated carbocycles. The van der Waals surface area contributed by atoms with Crippen molar-refractivity contribution in [2.75, 3.05) is 25.0 Å². The molecule has 10 aromatic carbocycles. The number of benzene rings is 10. The van der Waals surface area contributed by atoms with E-state index in [0.29, 0.717) is 11.1 Å². The molecular weight excluding hydrogens is 1900 g/mol. The highest BCUT2D eigenvalue weighted by Crippen LogP contribution is 2.60. The minimum Gasteiger partial charge on any atom is -0.458 e. The molecule has 15 rings (SSSR count). The van der Waals surface area contributed by atoms with Crippen molar-refractivity contribution in [2.45, 2.75) is 156 Å². The zero-order chi connectivity index (χ0) is 99.3. The van der Waals surface area contributed by atoms with Gasteiger partial charge in [0.05, 0.1) is 78.0 Å². The molecule has 134 heavy (non-hydrogen) atoms. The Kier molecular flexibility index (Phi) is 29.0. The first-order chi connectivity index (χ1) is 62.3. The number of hydrogen-bond donors (Lipinski definition) is 1. The van der Waals surface area contributed by atoms with Crippen molar-refractivity contribution >= 4 is 71.8 Å². The Morgan fingerprint density at radius 2 is 0.791 bits per heavy atom. The number of nitriles is 2. The number of hydrogen-bond acceptors (Lipinski definition) is 18. The van der Waals surface area contributed by atoms with Gasteiger partial charge in [0.2, 0.25) is 21.5 Å². The number of nitrogens with zero attached hydrogens (tertiary/aromatic N) is 7. The van der Waals surface area contributed by atoms with Crippen LogP contribution in [0.1, 0.15) is 138 Å². The average molecular weight is 1960 g/mol. The molecule has 5 aliphatic rings. The van der Waals surface area contributed by atoms with Crippen LogP contribution in [0, 0.1) is 78.2 Å². The minimum absolute atomic E-state index is 0.00589. The van der Waals surface area contributed by atoms with Crippen molar-refractivity contribution in [1.82, 2.24) is 0 Å². The normalized spacial score (nSPS) is 20.0. The molecule has 0 aromatic heterocycles. The first-order valence-electron chi connectivity index (χ1n) is 39.0. The van der Waals surface area contributed by atoms with E-state index < -0.39 is 190 Å². The molecule has 10 aromatic rings. The van der Waals surface area contributed by atoms with Gasteiger partial charge >= 0.3 is 0 Å². The lowest BCUT2D eigenvalue weighted by molar-refractivity contribution is -0.0976. The first-order valence-corrected chi connectivity index (χ1v) is 48.1. The maximum atomic E-state index is 14.6. The van der Waals surface area contributed by atoms with Crippen LogP contribution in [-0.2, 0) is 68.3 Å². The molecule has 0 amide bonds. The summed E-state index contributed by atoms with van der Waals surface area (Å²) in [6, 6.07) is 30.0. The molecule has 0 heterocycles. The SMILES string of the molecule is C[C@H]1c2c(S(C)(=O)=O)ccc(Oc3cc(F)cc(C#N)c3)c2C[C@H]1F.[C-]#[N+]c1cc(F)cc(Oc2ccc(S(=O)(=O)C(C)F)c3c2CC(F)(F)[C@H]3O)c1.[C-]#[N+]c1cc(F)cc(Oc2ccc(S(C)(=O)=NC#N)c3c2CC(F)(F)[C@H]3C)c1.[C-]#[N+]c1cc(F)cc(Oc2ccc(S(C)(=O)=O)c3c2[C@@H](F)C(F)(F)[C@H]3C)c1.[C-]#[N+]c1cc(F)cc(Oc2ccc(S(C)(=O)=O)c3c2[C@@H](F)[C@@H](F)[C@H]3C)c1. The van der Waals surface area contributed by atoms with Gasteiger partial charge in [-0.1, -0.05) is 27.7 Å². The van der Waals surface area contributed by atoms with Gasteiger partial charge in [-0.05, 0) is 151 Å². The zero-order valence-corrected chi connectivity index (χ0v) is 74.8. The summed E-state index contributed by atoms with van der Waals surface area (Å²) in [5.41, 5.74) is -3.42. The fraction of sp³-hybridized carbons (Fsp3) is 0.275. The molecule has 0 fully saturated rings. The Bertz CT molecular complexity index is 7370. The van der Waals surface area contributed by atoms with Gasteiger partial charge in [0.25, 0.3) is 17.8 Å². The van der Waals surface area contributed by atoms with E-state index in [4.69, 9.17) is 60.5 Å². The van der Waals surface area contributed by atoms with Gasteiger partial charge < -0.3 is 28.8 Å². The van der Waals surface area contributed by atoms with Gasteiger partial charge in [0.1, 0.15) is 105 Å². The summed E-state index contributed by atoms with van der Waals surface area (Å²) in [6.07, 6.45) is -6.57. The van der Waals surface area contributed by atoms with E-state index in [0.717, 1.165) is 124 Å². The van der Waals surface area contributed by atoms with Gasteiger partial charge in [0, 0.05) is 126 Å². The average Bonchev–Trinajstić information content (AvgIpc) is 1.57. The number of halogens is 16. The lowest BCUT2D eigenvalue weighted by Gasteiger charge is -2.17. The Hall–Kier alpha value is -13.3. The van der Waals surface area contributed by atoms with Crippen LogP contribution < -0.4 is 23.7 Å². The summed E-state index contributed by atoms with van der Waals surface area (Å²) in [6.45, 7) is 33.9. The number of fused-ring (bicyclic) bond motifs is 5. The lowest BCUT2D eigenvalue weighted by Crippen LogP contribution is -2.23. The topological polar surface area (TPSA) is 297 Å². The molecule has 0 saturated heterocycles. The highest BCUT2D eigenvalue weighted by atomic mass is 32.2. The van der Waals surface area contributed by atoms with Crippen LogP contribution in [0.15, 0.2) is 180 Å². The Labute approximate surface area is 757 Å². The molecule has 0 bridgehead atoms. The van der Waals surface area contributed by atoms with E-state index in [1.807, 2.05) is 6.07 Å². The summed E-state index contributed by atoms with van der Waals surface area (Å²) in [5, 5.41) is 27.7. The number of rotatable bonds is 16. The molecule has 1 N–H and O–H groups in total. The van der Waals surface area contributed by atoms with Gasteiger partial charge in [-0.25, -0.2) is 128 Å². The predicted octanol–water partition coefficient (Wildman–Crippen LogP) is 24.1. The van der Waals surface area contributed by atoms with E-state index in [2.05, 4.69) is 23.7 Å². The maximum absolute atomic E-state index is 14.6. The van der Waals surface area contributed by atoms with Crippen molar-refractivity contribution in [1.29, 1.82) is 10.5 Å². The van der Waals surface area contributed by atoms with Crippen molar-refractivity contribution in [3.63, 3.8) is 0 Å². The van der Waals surface area contributed by atoms with Crippen LogP contribution in [0.4, 0.5) is 93.0 Å². The monoisotopic (exact) mass is 1960 g/mol. The molecule has 5 aliphatic carbocycles. The van der Waals surface area contributed by atoms with Gasteiger partial charge in [-0.3, -0.25) is 0 Å². The van der Waals surface area contributed by atoms with Crippen molar-refractivity contribution in [2.24, 2.45) is 4.36 Å². The van der Waals surface area contributed by atoms with E-state index in [-0.39, 0.29) is 140 Å². The second kappa shape index (κ2) is 38.4. The van der Waals surface area contributed by atoms with Crippen molar-refractivity contribution in [3.05, 3.63) is 288 Å². The third-order valence-electron chi connectivity index (χ3n) is 21.9. The summed E-state index contributed by atoms with van der Waals surface area (Å²) >= 11 is 0. The largest absolute Gasteiger partial charge is 0.458 e. The van der Waals surface area contributed by atoms with E-state index in [1.165, 1.54) is 87.0 Å². The summed E-state index contributed by atoms with van der Waals surface area (Å²) in [4.78, 5) is 11.2. The highest BCUT2D eigenvalue weighted by molar-refractivity contribution is 7.93. The van der Waals surface area contributed by atoms with Gasteiger partial charge in [0.15, 0.2) is 64.6 Å². The smallest absolute Gasteiger partial charge is 0.289 e. The van der Waals surface area contributed by atoms with Crippen LogP contribution in [-0.4, -0.2) is 104 Å². The number of aliphatic hydroxyl groups excluding tert-OH is 1. The molecule has 700 valence electrons. The summed E-state index contributed by atoms with van der Waals surface area (Å²) in [5.74, 6) is -19.5. The first kappa shape index (κ1) is 101. The fourth-order valence-corrected chi connectivity index (χ4v) is 21.0. The van der Waals surface area contributed by atoms with Gasteiger partial charge in [-0.15, -0.1) is 4.36 Å². The second-order valence-corrected chi connectivity index (χ2v) is 41.6. The third-order valence-corrected chi connectivity index (χ3v) is 28.8. The van der Waals surface area contributed by atoms with Crippen LogP contribution >= 0.6 is 0 Å². The second-order valence-electron chi connectivity index (χ2n) is 31.3. The predicted molar refractivity (Wildman–Crippen MR) is 454 cm³/mol. The van der Waals surface area contributed by atoms with Crippen LogP contribution in [0.25, 0.3) is 19.4 Å². The molecule has 11 atom stereocenters. The molecule has 22 nitrogen and oxygen atoms in total. The van der Waals surface area contributed by atoms with Crippen LogP contribution in [0.2, 0.25) is 0 Å². The molecular formula is C91H69F16N7O15S5. The fourth-order valence-electron chi connectivity index (χ4n) is 15.6. The van der Waals surface area contributed by atoms with E-state index in [9.17, 15) is 113 Å². The summed E-state index contributed by atoms with van der Waals surface area (Å²) in [7, 11) is -18.9. The highest BCUT2D eigenvalue weighted by Gasteiger charge is 2.58. The quantitative estimate of drug-likeness (QED) is 0.0534. The maximum Gasteiger partial charge on any atom is 0.289 e. The Balaban J connectivity index is 0.000000161. The van der Waals surface area contributed by atoms with Crippen LogP contribution in [0.5, 0.6) is 57.5 Å². The zero-order valence-electron chi connectivity index (χ0n) is 70.7. The number of sulfone groups is 4. The number of alkyl halides is 11. The third kappa shape index (κ3) is 21.0. The standard InChI is InChI=1S/C19H14F3N3O2S.C18H13F4NO4S.C18H13F4NO3S.C18H14F3NO3S.C18H15F2NO3S/c1-11-18-15(9-19(11,21)22)16(4-5-17(18)28(3,26)25-10-23)27-14-7-12(20)6-13(8-14)24-2;1-9(19)28(25,26)15-4-3-14(13-8-18(21,22)17(24)16(13)15)27-12-6-10(20)5-11(7-12)23-2;1-9-15-14(27(3,24)25)5-4-13(16(15)17(20)18(9,21)22)26-12-7-10(19)6-11(8-12)23-2;1-9-15-14(26(3,23)24)5-4-13(16(15)18(21)17(9)20)25-12-7-10(19)6-11(8-12)22-2;1-10-15(20)8-14-16(3-4-17(18(10)14)25(2,22)23)24-13-6-11(9-21)5-12(19)7-13/h4-8,11H,9H2,1,3H3;3-7,9,17,24H,8H2,1H3;4-9,17H,1,3H3;4-9,17-18H,1,3H3;3-7,10,15H,8H2,1-2H3/t11-,28?;9?,17-;9-,17+;9-,17-,18+;10-,15-/m00001/s1. The number of aliphatic hydroxyl groups is 1. The molecule has 0 radical (unpaired) electrons. The van der Waals surface area contributed by atoms with Gasteiger partial charge in [-0.2, -0.15) is 10.5 Å². The van der Waals surface area contributed by atoms with E-state index in [1.54, 1.807) is 6.92 Å². The molecule has 43 heteroatoms. The lowest BCUT2D eigenvalue weighted by atomic mass is 10.0. The van der Waals surface area contributed by atoms with Crippen molar-refractivity contribution in [3.8, 4) is 69.8 Å². The molecule has 0 spiro atoms. The molecule has 0 aliphatic heterocycles. The molecule has 2 unspecified atom stereocenters. The van der Waals surface area contributed by atoms with E-state index >= 15 is 0 Å². The van der Waals surface area contributed by atoms with Crippen molar-refractivity contribution < 1.29 is 137 Å². The van der Waals surface area contributed by atoms with Crippen LogP contribution in [0.3, 0.4) is 0 Å². The number of ether oxygens (including phenoxy) is 5.